The van der Waals surface area contributed by atoms with Crippen molar-refractivity contribution in [2.75, 3.05) is 12.4 Å². The van der Waals surface area contributed by atoms with Crippen LogP contribution in [-0.2, 0) is 5.75 Å². The normalized spacial score (nSPS) is 10.6. The molecule has 0 aliphatic carbocycles. The second-order valence-electron chi connectivity index (χ2n) is 5.64. The van der Waals surface area contributed by atoms with E-state index in [0.29, 0.717) is 28.1 Å². The number of para-hydroxylation sites is 2. The molecule has 0 atom stereocenters. The number of aryl methyl sites for hydroxylation is 2. The predicted molar refractivity (Wildman–Crippen MR) is 101 cm³/mol. The summed E-state index contributed by atoms with van der Waals surface area (Å²) in [6, 6.07) is 12.6. The maximum Gasteiger partial charge on any atom is 0.291 e. The first-order valence-electron chi connectivity index (χ1n) is 8.03. The van der Waals surface area contributed by atoms with Gasteiger partial charge in [0.15, 0.2) is 10.9 Å². The second kappa shape index (κ2) is 8.05. The minimum absolute atomic E-state index is 0.243. The fourth-order valence-electron chi connectivity index (χ4n) is 2.40. The monoisotopic (exact) mass is 369 g/mol. The molecule has 0 aliphatic heterocycles. The first-order valence-corrected chi connectivity index (χ1v) is 9.02. The summed E-state index contributed by atoms with van der Waals surface area (Å²) in [5.41, 5.74) is 2.45. The summed E-state index contributed by atoms with van der Waals surface area (Å²) in [6.07, 6.45) is 0. The topological polar surface area (TPSA) is 77.2 Å². The van der Waals surface area contributed by atoms with Crippen LogP contribution in [0.1, 0.15) is 27.7 Å². The molecule has 0 unspecified atom stereocenters. The molecule has 0 radical (unpaired) electrons. The molecule has 0 saturated heterocycles. The lowest BCUT2D eigenvalue weighted by Gasteiger charge is -2.08. The van der Waals surface area contributed by atoms with E-state index >= 15 is 0 Å². The molecule has 2 heterocycles. The van der Waals surface area contributed by atoms with Gasteiger partial charge < -0.3 is 14.5 Å². The Bertz CT molecular complexity index is 904. The van der Waals surface area contributed by atoms with E-state index in [0.717, 1.165) is 11.4 Å². The lowest BCUT2D eigenvalue weighted by Crippen LogP contribution is -2.11. The molecule has 1 N–H and O–H groups in total. The highest BCUT2D eigenvalue weighted by atomic mass is 32.2. The van der Waals surface area contributed by atoms with Crippen molar-refractivity contribution >= 4 is 23.4 Å². The van der Waals surface area contributed by atoms with Gasteiger partial charge in [-0.2, -0.15) is 0 Å². The largest absolute Gasteiger partial charge is 0.495 e. The standard InChI is InChI=1S/C19H19N3O3S/c1-12-10-13(2)21-19(20-12)26-11-14-8-9-17(25-14)18(23)22-15-6-4-5-7-16(15)24-3/h4-10H,11H2,1-3H3,(H,22,23). The zero-order valence-corrected chi connectivity index (χ0v) is 15.6. The molecule has 134 valence electrons. The highest BCUT2D eigenvalue weighted by Crippen LogP contribution is 2.25. The number of ether oxygens (including phenoxy) is 1. The number of anilines is 1. The van der Waals surface area contributed by atoms with Crippen molar-refractivity contribution < 1.29 is 13.9 Å². The number of amides is 1. The number of nitrogens with one attached hydrogen (secondary N) is 1. The zero-order valence-electron chi connectivity index (χ0n) is 14.8. The molecule has 0 saturated carbocycles. The van der Waals surface area contributed by atoms with Crippen LogP contribution >= 0.6 is 11.8 Å². The van der Waals surface area contributed by atoms with Crippen LogP contribution in [0, 0.1) is 13.8 Å². The van der Waals surface area contributed by atoms with Gasteiger partial charge >= 0.3 is 0 Å². The molecule has 0 spiro atoms. The highest BCUT2D eigenvalue weighted by Gasteiger charge is 2.14. The molecule has 3 aromatic rings. The van der Waals surface area contributed by atoms with E-state index < -0.39 is 0 Å². The highest BCUT2D eigenvalue weighted by molar-refractivity contribution is 7.98. The van der Waals surface area contributed by atoms with Crippen LogP contribution in [0.5, 0.6) is 5.75 Å². The van der Waals surface area contributed by atoms with Gasteiger partial charge in [-0.05, 0) is 44.2 Å². The number of thioether (sulfide) groups is 1. The van der Waals surface area contributed by atoms with Crippen molar-refractivity contribution in [3.63, 3.8) is 0 Å². The Morgan fingerprint density at radius 3 is 2.62 bits per heavy atom. The van der Waals surface area contributed by atoms with Crippen molar-refractivity contribution in [3.05, 3.63) is 65.4 Å². The van der Waals surface area contributed by atoms with Crippen molar-refractivity contribution in [2.24, 2.45) is 0 Å². The summed E-state index contributed by atoms with van der Waals surface area (Å²) in [4.78, 5) is 21.1. The minimum Gasteiger partial charge on any atom is -0.495 e. The number of methoxy groups -OCH3 is 1. The average Bonchev–Trinajstić information content (AvgIpc) is 3.09. The molecule has 0 fully saturated rings. The van der Waals surface area contributed by atoms with Crippen LogP contribution in [0.3, 0.4) is 0 Å². The first kappa shape index (κ1) is 18.0. The lowest BCUT2D eigenvalue weighted by atomic mass is 10.3. The van der Waals surface area contributed by atoms with E-state index in [-0.39, 0.29) is 11.7 Å². The summed E-state index contributed by atoms with van der Waals surface area (Å²) in [6.45, 7) is 3.87. The van der Waals surface area contributed by atoms with E-state index in [1.165, 1.54) is 11.8 Å². The SMILES string of the molecule is COc1ccccc1NC(=O)c1ccc(CSc2nc(C)cc(C)n2)o1. The van der Waals surface area contributed by atoms with E-state index in [2.05, 4.69) is 15.3 Å². The summed E-state index contributed by atoms with van der Waals surface area (Å²) in [5.74, 6) is 1.74. The smallest absolute Gasteiger partial charge is 0.291 e. The number of hydrogen-bond donors (Lipinski definition) is 1. The van der Waals surface area contributed by atoms with Crippen LogP contribution in [-0.4, -0.2) is 23.0 Å². The maximum absolute atomic E-state index is 12.4. The summed E-state index contributed by atoms with van der Waals surface area (Å²) in [5, 5.41) is 3.48. The Hall–Kier alpha value is -2.80. The van der Waals surface area contributed by atoms with Crippen LogP contribution < -0.4 is 10.1 Å². The number of carbonyl (C=O) groups excluding carboxylic acids is 1. The van der Waals surface area contributed by atoms with Crippen molar-refractivity contribution in [3.8, 4) is 5.75 Å². The summed E-state index contributed by atoms with van der Waals surface area (Å²) < 4.78 is 10.9. The Kier molecular flexibility index (Phi) is 5.58. The molecular weight excluding hydrogens is 350 g/mol. The third-order valence-electron chi connectivity index (χ3n) is 3.55. The van der Waals surface area contributed by atoms with Gasteiger partial charge in [-0.15, -0.1) is 0 Å². The Morgan fingerprint density at radius 2 is 1.88 bits per heavy atom. The van der Waals surface area contributed by atoms with E-state index in [1.54, 1.807) is 31.4 Å². The van der Waals surface area contributed by atoms with Gasteiger partial charge in [0.25, 0.3) is 5.91 Å². The summed E-state index contributed by atoms with van der Waals surface area (Å²) in [7, 11) is 1.56. The number of hydrogen-bond acceptors (Lipinski definition) is 6. The molecule has 0 aliphatic rings. The van der Waals surface area contributed by atoms with Gasteiger partial charge in [0.05, 0.1) is 18.6 Å². The van der Waals surface area contributed by atoms with Gasteiger partial charge in [-0.1, -0.05) is 23.9 Å². The Morgan fingerprint density at radius 1 is 1.15 bits per heavy atom. The molecule has 2 aromatic heterocycles. The van der Waals surface area contributed by atoms with E-state index in [9.17, 15) is 4.79 Å². The zero-order chi connectivity index (χ0) is 18.5. The van der Waals surface area contributed by atoms with Gasteiger partial charge in [-0.25, -0.2) is 9.97 Å². The van der Waals surface area contributed by atoms with Gasteiger partial charge in [0, 0.05) is 11.4 Å². The molecule has 3 rings (SSSR count). The molecule has 1 amide bonds. The fraction of sp³-hybridized carbons (Fsp3) is 0.211. The third-order valence-corrected chi connectivity index (χ3v) is 4.42. The molecular formula is C19H19N3O3S. The van der Waals surface area contributed by atoms with Crippen LogP contribution in [0.4, 0.5) is 5.69 Å². The second-order valence-corrected chi connectivity index (χ2v) is 6.58. The summed E-state index contributed by atoms with van der Waals surface area (Å²) >= 11 is 1.47. The molecule has 1 aromatic carbocycles. The molecule has 6 nitrogen and oxygen atoms in total. The predicted octanol–water partition coefficient (Wildman–Crippen LogP) is 4.24. The third kappa shape index (κ3) is 4.43. The number of aromatic nitrogens is 2. The average molecular weight is 369 g/mol. The minimum atomic E-state index is -0.326. The number of furan rings is 1. The van der Waals surface area contributed by atoms with Gasteiger partial charge in [0.1, 0.15) is 11.5 Å². The molecule has 7 heteroatoms. The quantitative estimate of drug-likeness (QED) is 0.517. The number of nitrogens with zero attached hydrogens (tertiary/aromatic N) is 2. The van der Waals surface area contributed by atoms with Gasteiger partial charge in [-0.3, -0.25) is 4.79 Å². The van der Waals surface area contributed by atoms with Crippen molar-refractivity contribution in [2.45, 2.75) is 24.8 Å². The molecule has 26 heavy (non-hydrogen) atoms. The van der Waals surface area contributed by atoms with Crippen LogP contribution in [0.15, 0.2) is 52.0 Å². The lowest BCUT2D eigenvalue weighted by molar-refractivity contribution is 0.0995. The fourth-order valence-corrected chi connectivity index (χ4v) is 3.25. The maximum atomic E-state index is 12.4. The van der Waals surface area contributed by atoms with Crippen molar-refractivity contribution in [1.82, 2.24) is 9.97 Å². The Balaban J connectivity index is 1.64. The van der Waals surface area contributed by atoms with E-state index in [1.807, 2.05) is 32.0 Å². The van der Waals surface area contributed by atoms with Gasteiger partial charge in [0.2, 0.25) is 0 Å². The first-order chi connectivity index (χ1) is 12.5. The van der Waals surface area contributed by atoms with Crippen molar-refractivity contribution in [1.29, 1.82) is 0 Å². The van der Waals surface area contributed by atoms with Crippen LogP contribution in [0.2, 0.25) is 0 Å². The number of rotatable bonds is 6. The van der Waals surface area contributed by atoms with E-state index in [4.69, 9.17) is 9.15 Å². The van der Waals surface area contributed by atoms with Crippen LogP contribution in [0.25, 0.3) is 0 Å². The number of carbonyl (C=O) groups is 1. The molecule has 0 bridgehead atoms. The Labute approximate surface area is 156 Å². The number of benzene rings is 1.